The zero-order valence-electron chi connectivity index (χ0n) is 22.5. The number of fused-ring (bicyclic) bond motifs is 1. The molecule has 3 aromatic carbocycles. The molecule has 8 heteroatoms. The van der Waals surface area contributed by atoms with Crippen LogP contribution < -0.4 is 14.2 Å². The van der Waals surface area contributed by atoms with Crippen LogP contribution in [0.5, 0.6) is 17.2 Å². The molecule has 0 amide bonds. The van der Waals surface area contributed by atoms with Gasteiger partial charge in [0.1, 0.15) is 36.0 Å². The standard InChI is InChI=1S/C33H28Cl2N2O4/c1-21-25(5-3-8-30(21)39-12-4-11-34)26-6-2-7-28-27(26)9-10-31(28)41-33-15-32(24(19-38)14-29(33)35)40-20-23-13-22(16-36)17-37-18-23/h2-3,5-8,13-15,17-19,31H,4,9-12,20H2,1H3/t31-/m0/s1. The van der Waals surface area contributed by atoms with Crippen molar-refractivity contribution in [2.24, 2.45) is 0 Å². The van der Waals surface area contributed by atoms with Gasteiger partial charge in [-0.15, -0.1) is 11.6 Å². The van der Waals surface area contributed by atoms with Gasteiger partial charge in [-0.25, -0.2) is 0 Å². The Morgan fingerprint density at radius 2 is 1.88 bits per heavy atom. The quantitative estimate of drug-likeness (QED) is 0.100. The Morgan fingerprint density at radius 3 is 2.68 bits per heavy atom. The highest BCUT2D eigenvalue weighted by atomic mass is 35.5. The molecule has 1 aromatic heterocycles. The predicted molar refractivity (Wildman–Crippen MR) is 159 cm³/mol. The first kappa shape index (κ1) is 28.5. The fraction of sp³-hybridized carbons (Fsp3) is 0.242. The van der Waals surface area contributed by atoms with E-state index in [1.807, 2.05) is 18.2 Å². The topological polar surface area (TPSA) is 81.4 Å². The van der Waals surface area contributed by atoms with E-state index in [0.29, 0.717) is 52.0 Å². The Hall–Kier alpha value is -4.05. The van der Waals surface area contributed by atoms with Crippen molar-refractivity contribution in [2.45, 2.75) is 38.9 Å². The zero-order chi connectivity index (χ0) is 28.8. The number of aromatic nitrogens is 1. The number of nitrogens with zero attached hydrogens (tertiary/aromatic N) is 2. The summed E-state index contributed by atoms with van der Waals surface area (Å²) in [5.74, 6) is 2.21. The zero-order valence-corrected chi connectivity index (χ0v) is 24.0. The van der Waals surface area contributed by atoms with E-state index in [0.717, 1.165) is 47.3 Å². The van der Waals surface area contributed by atoms with Crippen LogP contribution in [0.1, 0.15) is 57.1 Å². The van der Waals surface area contributed by atoms with Crippen molar-refractivity contribution in [3.05, 3.63) is 105 Å². The molecule has 0 radical (unpaired) electrons. The van der Waals surface area contributed by atoms with E-state index in [9.17, 15) is 4.79 Å². The van der Waals surface area contributed by atoms with Crippen molar-refractivity contribution in [1.29, 1.82) is 5.26 Å². The average molecular weight is 588 g/mol. The van der Waals surface area contributed by atoms with E-state index in [-0.39, 0.29) is 12.7 Å². The van der Waals surface area contributed by atoms with E-state index in [1.165, 1.54) is 11.8 Å². The second kappa shape index (κ2) is 13.1. The molecule has 0 saturated heterocycles. The summed E-state index contributed by atoms with van der Waals surface area (Å²) in [7, 11) is 0. The third-order valence-electron chi connectivity index (χ3n) is 7.10. The van der Waals surface area contributed by atoms with Crippen molar-refractivity contribution < 1.29 is 19.0 Å². The maximum atomic E-state index is 11.8. The summed E-state index contributed by atoms with van der Waals surface area (Å²) < 4.78 is 18.4. The lowest BCUT2D eigenvalue weighted by atomic mass is 9.93. The van der Waals surface area contributed by atoms with Crippen molar-refractivity contribution in [2.75, 3.05) is 12.5 Å². The highest BCUT2D eigenvalue weighted by molar-refractivity contribution is 6.32. The number of halogens is 2. The highest BCUT2D eigenvalue weighted by Crippen LogP contribution is 2.44. The van der Waals surface area contributed by atoms with Gasteiger partial charge in [-0.2, -0.15) is 5.26 Å². The van der Waals surface area contributed by atoms with Crippen LogP contribution in [0.15, 0.2) is 67.0 Å². The van der Waals surface area contributed by atoms with E-state index < -0.39 is 0 Å². The largest absolute Gasteiger partial charge is 0.493 e. The molecule has 208 valence electrons. The summed E-state index contributed by atoms with van der Waals surface area (Å²) >= 11 is 12.4. The Balaban J connectivity index is 1.39. The minimum Gasteiger partial charge on any atom is -0.493 e. The minimum atomic E-state index is -0.211. The highest BCUT2D eigenvalue weighted by Gasteiger charge is 2.28. The van der Waals surface area contributed by atoms with Crippen LogP contribution in [0.25, 0.3) is 11.1 Å². The third-order valence-corrected chi connectivity index (χ3v) is 7.67. The van der Waals surface area contributed by atoms with Gasteiger partial charge in [0.05, 0.1) is 22.8 Å². The summed E-state index contributed by atoms with van der Waals surface area (Å²) in [6.45, 7) is 2.79. The van der Waals surface area contributed by atoms with Crippen molar-refractivity contribution in [1.82, 2.24) is 4.98 Å². The monoisotopic (exact) mass is 586 g/mol. The van der Waals surface area contributed by atoms with Gasteiger partial charge in [0.15, 0.2) is 6.29 Å². The number of hydrogen-bond donors (Lipinski definition) is 0. The summed E-state index contributed by atoms with van der Waals surface area (Å²) in [6, 6.07) is 19.4. The van der Waals surface area contributed by atoms with Crippen molar-refractivity contribution in [3.8, 4) is 34.4 Å². The fourth-order valence-electron chi connectivity index (χ4n) is 5.09. The summed E-state index contributed by atoms with van der Waals surface area (Å²) in [4.78, 5) is 15.8. The van der Waals surface area contributed by atoms with Crippen LogP contribution in [-0.4, -0.2) is 23.8 Å². The second-order valence-corrected chi connectivity index (χ2v) is 10.5. The van der Waals surface area contributed by atoms with Crippen LogP contribution in [0.2, 0.25) is 5.02 Å². The number of carbonyl (C=O) groups is 1. The predicted octanol–water partition coefficient (Wildman–Crippen LogP) is 8.05. The average Bonchev–Trinajstić information content (AvgIpc) is 3.41. The van der Waals surface area contributed by atoms with E-state index in [1.54, 1.807) is 24.4 Å². The number of rotatable bonds is 11. The Kier molecular flexibility index (Phi) is 9.08. The number of ether oxygens (including phenoxy) is 3. The van der Waals surface area contributed by atoms with E-state index >= 15 is 0 Å². The molecule has 4 aromatic rings. The van der Waals surface area contributed by atoms with Gasteiger partial charge in [-0.1, -0.05) is 41.9 Å². The van der Waals surface area contributed by atoms with Gasteiger partial charge in [0, 0.05) is 29.9 Å². The molecule has 1 aliphatic carbocycles. The minimum absolute atomic E-state index is 0.133. The number of hydrogen-bond acceptors (Lipinski definition) is 6. The fourth-order valence-corrected chi connectivity index (χ4v) is 5.42. The van der Waals surface area contributed by atoms with E-state index in [2.05, 4.69) is 36.2 Å². The lowest BCUT2D eigenvalue weighted by Crippen LogP contribution is -2.06. The molecule has 0 saturated carbocycles. The molecular weight excluding hydrogens is 559 g/mol. The van der Waals surface area contributed by atoms with Gasteiger partial charge in [0.25, 0.3) is 0 Å². The molecule has 1 aliphatic rings. The van der Waals surface area contributed by atoms with Crippen molar-refractivity contribution in [3.63, 3.8) is 0 Å². The van der Waals surface area contributed by atoms with Gasteiger partial charge >= 0.3 is 0 Å². The van der Waals surface area contributed by atoms with Gasteiger partial charge < -0.3 is 14.2 Å². The molecule has 0 unspecified atom stereocenters. The van der Waals surface area contributed by atoms with Crippen LogP contribution in [0, 0.1) is 18.3 Å². The third kappa shape index (κ3) is 6.32. The molecule has 1 atom stereocenters. The molecule has 6 nitrogen and oxygen atoms in total. The maximum absolute atomic E-state index is 11.8. The Morgan fingerprint density at radius 1 is 1.05 bits per heavy atom. The number of nitriles is 1. The lowest BCUT2D eigenvalue weighted by Gasteiger charge is -2.19. The first-order valence-corrected chi connectivity index (χ1v) is 14.3. The van der Waals surface area contributed by atoms with Gasteiger partial charge in [0.2, 0.25) is 0 Å². The summed E-state index contributed by atoms with van der Waals surface area (Å²) in [5.41, 5.74) is 7.17. The molecule has 41 heavy (non-hydrogen) atoms. The first-order chi connectivity index (χ1) is 20.0. The van der Waals surface area contributed by atoms with Crippen LogP contribution in [0.3, 0.4) is 0 Å². The molecule has 5 rings (SSSR count). The maximum Gasteiger partial charge on any atom is 0.153 e. The lowest BCUT2D eigenvalue weighted by molar-refractivity contribution is 0.111. The van der Waals surface area contributed by atoms with Gasteiger partial charge in [-0.3, -0.25) is 9.78 Å². The molecular formula is C33H28Cl2N2O4. The van der Waals surface area contributed by atoms with Crippen LogP contribution >= 0.6 is 23.2 Å². The molecule has 0 bridgehead atoms. The van der Waals surface area contributed by atoms with Crippen LogP contribution in [0.4, 0.5) is 0 Å². The number of benzene rings is 3. The molecule has 0 spiro atoms. The second-order valence-electron chi connectivity index (χ2n) is 9.76. The molecule has 0 fully saturated rings. The first-order valence-electron chi connectivity index (χ1n) is 13.3. The number of aldehydes is 1. The smallest absolute Gasteiger partial charge is 0.153 e. The number of alkyl halides is 1. The van der Waals surface area contributed by atoms with E-state index in [4.69, 9.17) is 42.7 Å². The molecule has 0 aliphatic heterocycles. The molecule has 1 heterocycles. The summed E-state index contributed by atoms with van der Waals surface area (Å²) in [5, 5.41) is 9.46. The van der Waals surface area contributed by atoms with Crippen molar-refractivity contribution >= 4 is 29.5 Å². The summed E-state index contributed by atoms with van der Waals surface area (Å²) in [6.07, 6.45) is 6.01. The number of pyridine rings is 1. The Labute approximate surface area is 249 Å². The number of carbonyl (C=O) groups excluding carboxylic acids is 1. The molecule has 0 N–H and O–H groups in total. The van der Waals surface area contributed by atoms with Gasteiger partial charge in [-0.05, 0) is 72.2 Å². The van der Waals surface area contributed by atoms with Crippen LogP contribution in [-0.2, 0) is 13.0 Å². The normalized spacial score (nSPS) is 13.8. The SMILES string of the molecule is Cc1c(OCCCCl)cccc1-c1cccc2c1CC[C@@H]2Oc1cc(OCc2cncc(C#N)c2)c(C=O)cc1Cl. The Bertz CT molecular complexity index is 1620.